The molecule has 0 amide bonds. The zero-order chi connectivity index (χ0) is 15.8. The van der Waals surface area contributed by atoms with Crippen molar-refractivity contribution in [3.63, 3.8) is 0 Å². The highest BCUT2D eigenvalue weighted by Crippen LogP contribution is 2.31. The third kappa shape index (κ3) is 5.56. The van der Waals surface area contributed by atoms with Crippen LogP contribution in [0.4, 0.5) is 0 Å². The maximum absolute atomic E-state index is 5.40. The fourth-order valence-corrected chi connectivity index (χ4v) is 2.40. The molecule has 0 aliphatic heterocycles. The van der Waals surface area contributed by atoms with Gasteiger partial charge in [0.2, 0.25) is 0 Å². The summed E-state index contributed by atoms with van der Waals surface area (Å²) in [5.41, 5.74) is 1.24. The molecule has 0 aliphatic rings. The van der Waals surface area contributed by atoms with E-state index in [0.29, 0.717) is 12.1 Å². The zero-order valence-electron chi connectivity index (χ0n) is 14.3. The Labute approximate surface area is 129 Å². The second-order valence-electron chi connectivity index (χ2n) is 5.73. The van der Waals surface area contributed by atoms with Crippen LogP contribution in [0.2, 0.25) is 0 Å². The molecule has 0 spiro atoms. The lowest BCUT2D eigenvalue weighted by Gasteiger charge is -2.24. The van der Waals surface area contributed by atoms with E-state index in [1.807, 2.05) is 6.07 Å². The van der Waals surface area contributed by atoms with Crippen molar-refractivity contribution in [1.82, 2.24) is 10.2 Å². The standard InChI is InChI=1S/C17H30N2O2/c1-7-15(18-13(2)10-11-19(3)4)14-8-9-16(20-5)17(12-14)21-6/h8-9,12-13,15,18H,7,10-11H2,1-6H3. The van der Waals surface area contributed by atoms with Crippen molar-refractivity contribution in [3.8, 4) is 11.5 Å². The van der Waals surface area contributed by atoms with Gasteiger partial charge in [-0.1, -0.05) is 13.0 Å². The van der Waals surface area contributed by atoms with E-state index in [-0.39, 0.29) is 0 Å². The van der Waals surface area contributed by atoms with Gasteiger partial charge in [0.25, 0.3) is 0 Å². The minimum absolute atomic E-state index is 0.335. The van der Waals surface area contributed by atoms with E-state index in [9.17, 15) is 0 Å². The molecule has 2 atom stereocenters. The van der Waals surface area contributed by atoms with Crippen LogP contribution >= 0.6 is 0 Å². The molecule has 120 valence electrons. The van der Waals surface area contributed by atoms with Crippen LogP contribution in [-0.2, 0) is 0 Å². The van der Waals surface area contributed by atoms with E-state index in [1.54, 1.807) is 14.2 Å². The summed E-state index contributed by atoms with van der Waals surface area (Å²) in [6.45, 7) is 5.54. The number of nitrogens with one attached hydrogen (secondary N) is 1. The van der Waals surface area contributed by atoms with Gasteiger partial charge in [-0.15, -0.1) is 0 Å². The molecule has 0 fully saturated rings. The summed E-state index contributed by atoms with van der Waals surface area (Å²) in [6.07, 6.45) is 2.18. The quantitative estimate of drug-likeness (QED) is 0.759. The van der Waals surface area contributed by atoms with Crippen molar-refractivity contribution in [2.75, 3.05) is 34.9 Å². The highest BCUT2D eigenvalue weighted by atomic mass is 16.5. The Balaban J connectivity index is 2.75. The summed E-state index contributed by atoms with van der Waals surface area (Å²) in [5, 5.41) is 3.70. The molecule has 0 radical (unpaired) electrons. The number of ether oxygens (including phenoxy) is 2. The van der Waals surface area contributed by atoms with Gasteiger partial charge in [0.15, 0.2) is 11.5 Å². The minimum atomic E-state index is 0.335. The first kappa shape index (κ1) is 17.8. The van der Waals surface area contributed by atoms with Crippen molar-refractivity contribution in [2.45, 2.75) is 38.8 Å². The van der Waals surface area contributed by atoms with Crippen LogP contribution in [0.15, 0.2) is 18.2 Å². The molecule has 4 heteroatoms. The predicted molar refractivity (Wildman–Crippen MR) is 88.3 cm³/mol. The Kier molecular flexibility index (Phi) is 7.54. The molecule has 2 unspecified atom stereocenters. The van der Waals surface area contributed by atoms with E-state index in [0.717, 1.165) is 30.9 Å². The first-order chi connectivity index (χ1) is 10.0. The van der Waals surface area contributed by atoms with Crippen molar-refractivity contribution >= 4 is 0 Å². The van der Waals surface area contributed by atoms with Crippen LogP contribution in [0.25, 0.3) is 0 Å². The molecule has 1 rings (SSSR count). The predicted octanol–water partition coefficient (Wildman–Crippen LogP) is 3.08. The van der Waals surface area contributed by atoms with Gasteiger partial charge in [0, 0.05) is 12.1 Å². The van der Waals surface area contributed by atoms with Gasteiger partial charge >= 0.3 is 0 Å². The fraction of sp³-hybridized carbons (Fsp3) is 0.647. The SMILES string of the molecule is CCC(NC(C)CCN(C)C)c1ccc(OC)c(OC)c1. The number of hydrogen-bond acceptors (Lipinski definition) is 4. The molecule has 4 nitrogen and oxygen atoms in total. The first-order valence-corrected chi connectivity index (χ1v) is 7.64. The Morgan fingerprint density at radius 2 is 1.81 bits per heavy atom. The van der Waals surface area contributed by atoms with Crippen LogP contribution in [0.3, 0.4) is 0 Å². The summed E-state index contributed by atoms with van der Waals surface area (Å²) >= 11 is 0. The van der Waals surface area contributed by atoms with Crippen molar-refractivity contribution in [3.05, 3.63) is 23.8 Å². The van der Waals surface area contributed by atoms with E-state index >= 15 is 0 Å². The second-order valence-corrected chi connectivity index (χ2v) is 5.73. The van der Waals surface area contributed by atoms with Gasteiger partial charge in [-0.25, -0.2) is 0 Å². The van der Waals surface area contributed by atoms with Gasteiger partial charge < -0.3 is 19.7 Å². The molecule has 0 aliphatic carbocycles. The van der Waals surface area contributed by atoms with Crippen molar-refractivity contribution in [1.29, 1.82) is 0 Å². The molecule has 1 aromatic carbocycles. The summed E-state index contributed by atoms with van der Waals surface area (Å²) in [6, 6.07) is 6.97. The smallest absolute Gasteiger partial charge is 0.161 e. The van der Waals surface area contributed by atoms with Crippen LogP contribution in [0.5, 0.6) is 11.5 Å². The highest BCUT2D eigenvalue weighted by Gasteiger charge is 2.15. The molecule has 1 aromatic rings. The van der Waals surface area contributed by atoms with Crippen molar-refractivity contribution < 1.29 is 9.47 Å². The normalized spacial score (nSPS) is 14.0. The zero-order valence-corrected chi connectivity index (χ0v) is 14.3. The topological polar surface area (TPSA) is 33.7 Å². The number of methoxy groups -OCH3 is 2. The number of rotatable bonds is 9. The molecular formula is C17H30N2O2. The Bertz CT molecular complexity index is 421. The molecular weight excluding hydrogens is 264 g/mol. The molecule has 21 heavy (non-hydrogen) atoms. The lowest BCUT2D eigenvalue weighted by molar-refractivity contribution is 0.343. The maximum Gasteiger partial charge on any atom is 0.161 e. The minimum Gasteiger partial charge on any atom is -0.493 e. The summed E-state index contributed by atoms with van der Waals surface area (Å²) in [5.74, 6) is 1.56. The van der Waals surface area contributed by atoms with Crippen LogP contribution in [-0.4, -0.2) is 45.8 Å². The molecule has 1 N–H and O–H groups in total. The first-order valence-electron chi connectivity index (χ1n) is 7.64. The average Bonchev–Trinajstić information content (AvgIpc) is 2.49. The van der Waals surface area contributed by atoms with Crippen molar-refractivity contribution in [2.24, 2.45) is 0 Å². The number of nitrogens with zero attached hydrogens (tertiary/aromatic N) is 1. The van der Waals surface area contributed by atoms with E-state index in [4.69, 9.17) is 9.47 Å². The lowest BCUT2D eigenvalue weighted by atomic mass is 10.0. The maximum atomic E-state index is 5.40. The van der Waals surface area contributed by atoms with E-state index in [1.165, 1.54) is 5.56 Å². The van der Waals surface area contributed by atoms with Gasteiger partial charge in [0.1, 0.15) is 0 Å². The molecule has 0 saturated heterocycles. The third-order valence-electron chi connectivity index (χ3n) is 3.71. The monoisotopic (exact) mass is 294 g/mol. The van der Waals surface area contributed by atoms with Gasteiger partial charge in [-0.2, -0.15) is 0 Å². The Morgan fingerprint density at radius 1 is 1.14 bits per heavy atom. The summed E-state index contributed by atoms with van der Waals surface area (Å²) < 4.78 is 10.7. The Morgan fingerprint density at radius 3 is 2.33 bits per heavy atom. The van der Waals surface area contributed by atoms with Crippen LogP contribution < -0.4 is 14.8 Å². The lowest BCUT2D eigenvalue weighted by Crippen LogP contribution is -2.32. The molecule has 0 heterocycles. The average molecular weight is 294 g/mol. The largest absolute Gasteiger partial charge is 0.493 e. The van der Waals surface area contributed by atoms with Crippen LogP contribution in [0.1, 0.15) is 38.3 Å². The summed E-state index contributed by atoms with van der Waals surface area (Å²) in [7, 11) is 7.56. The van der Waals surface area contributed by atoms with Crippen LogP contribution in [0, 0.1) is 0 Å². The number of benzene rings is 1. The summed E-state index contributed by atoms with van der Waals surface area (Å²) in [4.78, 5) is 2.22. The third-order valence-corrected chi connectivity index (χ3v) is 3.71. The second kappa shape index (κ2) is 8.90. The number of hydrogen-bond donors (Lipinski definition) is 1. The molecule has 0 aromatic heterocycles. The van der Waals surface area contributed by atoms with Gasteiger partial charge in [0.05, 0.1) is 14.2 Å². The van der Waals surface area contributed by atoms with E-state index in [2.05, 4.69) is 50.3 Å². The fourth-order valence-electron chi connectivity index (χ4n) is 2.40. The highest BCUT2D eigenvalue weighted by molar-refractivity contribution is 5.43. The van der Waals surface area contributed by atoms with Gasteiger partial charge in [-0.3, -0.25) is 0 Å². The molecule has 0 bridgehead atoms. The Hall–Kier alpha value is -1.26. The molecule has 0 saturated carbocycles. The van der Waals surface area contributed by atoms with E-state index < -0.39 is 0 Å². The van der Waals surface area contributed by atoms with Gasteiger partial charge in [-0.05, 0) is 58.1 Å².